The Morgan fingerprint density at radius 3 is 2.79 bits per heavy atom. The number of nitrogens with one attached hydrogen (secondary N) is 1. The summed E-state index contributed by atoms with van der Waals surface area (Å²) in [5.41, 5.74) is 1.10. The number of rotatable bonds is 4. The number of ether oxygens (including phenoxy) is 1. The van der Waals surface area contributed by atoms with E-state index in [2.05, 4.69) is 15.3 Å². The Morgan fingerprint density at radius 1 is 1.32 bits per heavy atom. The molecule has 0 spiro atoms. The first-order chi connectivity index (χ1) is 9.33. The van der Waals surface area contributed by atoms with Crippen LogP contribution in [0.15, 0.2) is 41.7 Å². The highest BCUT2D eigenvalue weighted by Gasteiger charge is 2.07. The summed E-state index contributed by atoms with van der Waals surface area (Å²) in [7, 11) is 1.96. The van der Waals surface area contributed by atoms with Crippen molar-refractivity contribution in [3.63, 3.8) is 0 Å². The highest BCUT2D eigenvalue weighted by Crippen LogP contribution is 2.14. The van der Waals surface area contributed by atoms with Gasteiger partial charge in [0.25, 0.3) is 0 Å². The number of aliphatic imine (C=N–C) groups is 1. The molecule has 0 saturated carbocycles. The predicted molar refractivity (Wildman–Crippen MR) is 73.4 cm³/mol. The van der Waals surface area contributed by atoms with E-state index in [9.17, 15) is 0 Å². The molecule has 0 unspecified atom stereocenters. The standard InChI is InChI=1S/C14H16N4O/c1-18-9-8-15-13(18)10-19-12-4-2-11(3-5-12)14-16-6-7-17-14/h2-5,8-9H,6-7,10H2,1H3,(H,16,17). The minimum atomic E-state index is 0.474. The van der Waals surface area contributed by atoms with Crippen molar-refractivity contribution in [3.8, 4) is 5.75 Å². The van der Waals surface area contributed by atoms with Crippen LogP contribution in [0.3, 0.4) is 0 Å². The minimum Gasteiger partial charge on any atom is -0.486 e. The Kier molecular flexibility index (Phi) is 3.18. The zero-order valence-electron chi connectivity index (χ0n) is 10.8. The normalized spacial score (nSPS) is 14.1. The van der Waals surface area contributed by atoms with Gasteiger partial charge in [0.05, 0.1) is 6.54 Å². The van der Waals surface area contributed by atoms with Crippen LogP contribution in [0.2, 0.25) is 0 Å². The fourth-order valence-electron chi connectivity index (χ4n) is 1.98. The highest BCUT2D eigenvalue weighted by atomic mass is 16.5. The van der Waals surface area contributed by atoms with Gasteiger partial charge >= 0.3 is 0 Å². The van der Waals surface area contributed by atoms with Gasteiger partial charge in [-0.2, -0.15) is 0 Å². The zero-order valence-corrected chi connectivity index (χ0v) is 10.8. The number of aryl methyl sites for hydroxylation is 1. The van der Waals surface area contributed by atoms with Gasteiger partial charge in [0.1, 0.15) is 24.0 Å². The van der Waals surface area contributed by atoms with Crippen molar-refractivity contribution < 1.29 is 4.74 Å². The minimum absolute atomic E-state index is 0.474. The molecule has 1 aromatic heterocycles. The van der Waals surface area contributed by atoms with Crippen LogP contribution in [0.5, 0.6) is 5.75 Å². The molecule has 0 radical (unpaired) electrons. The van der Waals surface area contributed by atoms with Crippen LogP contribution in [0, 0.1) is 0 Å². The molecule has 19 heavy (non-hydrogen) atoms. The summed E-state index contributed by atoms with van der Waals surface area (Å²) in [4.78, 5) is 8.61. The Labute approximate surface area is 112 Å². The molecule has 0 fully saturated rings. The zero-order chi connectivity index (χ0) is 13.1. The van der Waals surface area contributed by atoms with Crippen LogP contribution in [-0.4, -0.2) is 28.5 Å². The van der Waals surface area contributed by atoms with Crippen molar-refractivity contribution in [1.82, 2.24) is 14.9 Å². The van der Waals surface area contributed by atoms with E-state index in [1.807, 2.05) is 42.1 Å². The molecule has 0 atom stereocenters. The maximum atomic E-state index is 5.71. The van der Waals surface area contributed by atoms with Crippen LogP contribution in [0.25, 0.3) is 0 Å². The fraction of sp³-hybridized carbons (Fsp3) is 0.286. The molecule has 0 amide bonds. The quantitative estimate of drug-likeness (QED) is 0.898. The molecule has 1 aromatic carbocycles. The summed E-state index contributed by atoms with van der Waals surface area (Å²) in [6.45, 7) is 2.25. The molecule has 0 saturated heterocycles. The Morgan fingerprint density at radius 2 is 2.16 bits per heavy atom. The molecule has 1 aliphatic heterocycles. The summed E-state index contributed by atoms with van der Waals surface area (Å²) < 4.78 is 7.66. The van der Waals surface area contributed by atoms with E-state index in [0.717, 1.165) is 36.1 Å². The van der Waals surface area contributed by atoms with Crippen molar-refractivity contribution >= 4 is 5.84 Å². The second kappa shape index (κ2) is 5.14. The molecule has 5 nitrogen and oxygen atoms in total. The number of imidazole rings is 1. The number of amidine groups is 1. The first kappa shape index (κ1) is 11.8. The molecule has 1 aliphatic rings. The molecule has 3 rings (SSSR count). The van der Waals surface area contributed by atoms with Gasteiger partial charge in [-0.3, -0.25) is 4.99 Å². The Balaban J connectivity index is 1.64. The Hall–Kier alpha value is -2.30. The van der Waals surface area contributed by atoms with Gasteiger partial charge in [-0.15, -0.1) is 0 Å². The number of hydrogen-bond donors (Lipinski definition) is 1. The van der Waals surface area contributed by atoms with E-state index >= 15 is 0 Å². The fourth-order valence-corrected chi connectivity index (χ4v) is 1.98. The van der Waals surface area contributed by atoms with Crippen molar-refractivity contribution in [2.75, 3.05) is 13.1 Å². The third kappa shape index (κ3) is 2.59. The van der Waals surface area contributed by atoms with Gasteiger partial charge in [-0.1, -0.05) is 0 Å². The van der Waals surface area contributed by atoms with Gasteiger partial charge in [0, 0.05) is 31.5 Å². The van der Waals surface area contributed by atoms with Gasteiger partial charge in [0.15, 0.2) is 0 Å². The summed E-state index contributed by atoms with van der Waals surface area (Å²) >= 11 is 0. The van der Waals surface area contributed by atoms with Crippen LogP contribution < -0.4 is 10.1 Å². The first-order valence-electron chi connectivity index (χ1n) is 6.31. The number of nitrogens with zero attached hydrogens (tertiary/aromatic N) is 3. The molecular weight excluding hydrogens is 240 g/mol. The lowest BCUT2D eigenvalue weighted by Crippen LogP contribution is -2.19. The predicted octanol–water partition coefficient (Wildman–Crippen LogP) is 1.35. The summed E-state index contributed by atoms with van der Waals surface area (Å²) in [5, 5.41) is 3.25. The van der Waals surface area contributed by atoms with Gasteiger partial charge < -0.3 is 14.6 Å². The van der Waals surface area contributed by atoms with Crippen molar-refractivity contribution in [3.05, 3.63) is 48.0 Å². The molecule has 98 valence electrons. The second-order valence-electron chi connectivity index (χ2n) is 4.42. The van der Waals surface area contributed by atoms with Gasteiger partial charge in [-0.05, 0) is 24.3 Å². The number of hydrogen-bond acceptors (Lipinski definition) is 4. The number of benzene rings is 1. The molecular formula is C14H16N4O. The van der Waals surface area contributed by atoms with Crippen molar-refractivity contribution in [1.29, 1.82) is 0 Å². The lowest BCUT2D eigenvalue weighted by Gasteiger charge is -2.07. The number of aromatic nitrogens is 2. The van der Waals surface area contributed by atoms with E-state index in [-0.39, 0.29) is 0 Å². The third-order valence-corrected chi connectivity index (χ3v) is 3.09. The van der Waals surface area contributed by atoms with Crippen LogP contribution in [0.1, 0.15) is 11.4 Å². The highest BCUT2D eigenvalue weighted by molar-refractivity contribution is 5.99. The third-order valence-electron chi connectivity index (χ3n) is 3.09. The van der Waals surface area contributed by atoms with Gasteiger partial charge in [0.2, 0.25) is 0 Å². The SMILES string of the molecule is Cn1ccnc1COc1ccc(C2=NCCN2)cc1. The average molecular weight is 256 g/mol. The van der Waals surface area contributed by atoms with Crippen LogP contribution in [0.4, 0.5) is 0 Å². The lowest BCUT2D eigenvalue weighted by atomic mass is 10.2. The summed E-state index contributed by atoms with van der Waals surface area (Å²) in [6.07, 6.45) is 3.68. The van der Waals surface area contributed by atoms with Gasteiger partial charge in [-0.25, -0.2) is 4.98 Å². The first-order valence-corrected chi connectivity index (χ1v) is 6.31. The Bertz CT molecular complexity index is 586. The topological polar surface area (TPSA) is 51.4 Å². The molecule has 5 heteroatoms. The molecule has 1 N–H and O–H groups in total. The average Bonchev–Trinajstić information content (AvgIpc) is 3.09. The van der Waals surface area contributed by atoms with Crippen molar-refractivity contribution in [2.45, 2.75) is 6.61 Å². The van der Waals surface area contributed by atoms with Crippen LogP contribution in [-0.2, 0) is 13.7 Å². The largest absolute Gasteiger partial charge is 0.486 e. The monoisotopic (exact) mass is 256 g/mol. The van der Waals surface area contributed by atoms with E-state index in [1.165, 1.54) is 0 Å². The molecule has 2 heterocycles. The maximum absolute atomic E-state index is 5.71. The van der Waals surface area contributed by atoms with Crippen molar-refractivity contribution in [2.24, 2.45) is 12.0 Å². The van der Waals surface area contributed by atoms with Crippen LogP contribution >= 0.6 is 0 Å². The lowest BCUT2D eigenvalue weighted by molar-refractivity contribution is 0.292. The van der Waals surface area contributed by atoms with E-state index in [1.54, 1.807) is 6.20 Å². The van der Waals surface area contributed by atoms with E-state index in [4.69, 9.17) is 4.74 Å². The van der Waals surface area contributed by atoms with E-state index < -0.39 is 0 Å². The maximum Gasteiger partial charge on any atom is 0.146 e. The molecule has 2 aromatic rings. The molecule has 0 aliphatic carbocycles. The summed E-state index contributed by atoms with van der Waals surface area (Å²) in [6, 6.07) is 7.96. The molecule has 0 bridgehead atoms. The summed E-state index contributed by atoms with van der Waals surface area (Å²) in [5.74, 6) is 2.71. The smallest absolute Gasteiger partial charge is 0.146 e. The van der Waals surface area contributed by atoms with E-state index in [0.29, 0.717) is 6.61 Å². The second-order valence-corrected chi connectivity index (χ2v) is 4.42.